The number of hydrogen-bond donors (Lipinski definition) is 0. The van der Waals surface area contributed by atoms with Crippen LogP contribution < -0.4 is 0 Å². The summed E-state index contributed by atoms with van der Waals surface area (Å²) in [4.78, 5) is 13.4. The van der Waals surface area contributed by atoms with E-state index in [1.54, 1.807) is 0 Å². The molecule has 70 valence electrons. The van der Waals surface area contributed by atoms with Gasteiger partial charge in [-0.1, -0.05) is 29.3 Å². The van der Waals surface area contributed by atoms with E-state index in [4.69, 9.17) is 0 Å². The molecule has 2 nitrogen and oxygen atoms in total. The number of halogens is 1. The van der Waals surface area contributed by atoms with Crippen LogP contribution in [-0.2, 0) is 4.79 Å². The second-order valence-electron chi connectivity index (χ2n) is 3.31. The Morgan fingerprint density at radius 1 is 1.58 bits per heavy atom. The minimum absolute atomic E-state index is 0.256. The Labute approximate surface area is 82.4 Å². The molecule has 0 atom stereocenters. The highest BCUT2D eigenvalue weighted by molar-refractivity contribution is 9.09. The molecular formula is C9H16BrNO. The van der Waals surface area contributed by atoms with Gasteiger partial charge in [0.1, 0.15) is 0 Å². The molecule has 0 aliphatic heterocycles. The van der Waals surface area contributed by atoms with Crippen LogP contribution in [0.4, 0.5) is 0 Å². The lowest BCUT2D eigenvalue weighted by atomic mass is 10.3. The van der Waals surface area contributed by atoms with E-state index >= 15 is 0 Å². The monoisotopic (exact) mass is 233 g/mol. The van der Waals surface area contributed by atoms with E-state index < -0.39 is 0 Å². The first-order chi connectivity index (χ1) is 5.79. The lowest BCUT2D eigenvalue weighted by molar-refractivity contribution is -0.128. The summed E-state index contributed by atoms with van der Waals surface area (Å²) >= 11 is 3.21. The van der Waals surface area contributed by atoms with Gasteiger partial charge in [0.15, 0.2) is 0 Å². The Morgan fingerprint density at radius 2 is 2.25 bits per heavy atom. The van der Waals surface area contributed by atoms with Gasteiger partial charge in [0.05, 0.1) is 5.33 Å². The number of alkyl halides is 1. The van der Waals surface area contributed by atoms with E-state index in [-0.39, 0.29) is 5.91 Å². The largest absolute Gasteiger partial charge is 0.339 e. The molecule has 0 unspecified atom stereocenters. The lowest BCUT2D eigenvalue weighted by Crippen LogP contribution is -2.34. The highest BCUT2D eigenvalue weighted by Crippen LogP contribution is 2.27. The van der Waals surface area contributed by atoms with Gasteiger partial charge in [0.2, 0.25) is 5.91 Å². The minimum Gasteiger partial charge on any atom is -0.339 e. The smallest absolute Gasteiger partial charge is 0.233 e. The average molecular weight is 234 g/mol. The predicted molar refractivity (Wildman–Crippen MR) is 53.4 cm³/mol. The van der Waals surface area contributed by atoms with Crippen molar-refractivity contribution in [1.82, 2.24) is 4.90 Å². The van der Waals surface area contributed by atoms with E-state index in [0.29, 0.717) is 11.4 Å². The summed E-state index contributed by atoms with van der Waals surface area (Å²) in [6.07, 6.45) is 4.72. The summed E-state index contributed by atoms with van der Waals surface area (Å²) in [6.45, 7) is 3.11. The quantitative estimate of drug-likeness (QED) is 0.667. The summed E-state index contributed by atoms with van der Waals surface area (Å²) in [5.74, 6) is 0.256. The van der Waals surface area contributed by atoms with E-state index in [0.717, 1.165) is 13.0 Å². The molecule has 0 heterocycles. The van der Waals surface area contributed by atoms with Crippen LogP contribution in [-0.4, -0.2) is 28.7 Å². The van der Waals surface area contributed by atoms with Crippen molar-refractivity contribution in [3.8, 4) is 0 Å². The molecule has 0 spiro atoms. The Bertz CT molecular complexity index is 157. The molecule has 0 aromatic rings. The Balaban J connectivity index is 2.32. The molecule has 1 fully saturated rings. The van der Waals surface area contributed by atoms with Crippen LogP contribution in [0, 0.1) is 0 Å². The van der Waals surface area contributed by atoms with Crippen molar-refractivity contribution < 1.29 is 4.79 Å². The maximum atomic E-state index is 11.4. The fourth-order valence-electron chi connectivity index (χ4n) is 1.30. The Morgan fingerprint density at radius 3 is 2.67 bits per heavy atom. The molecule has 1 aliphatic carbocycles. The number of amides is 1. The number of carbonyl (C=O) groups excluding carboxylic acids is 1. The number of unbranched alkanes of at least 4 members (excludes halogenated alkanes) is 1. The molecule has 0 aromatic carbocycles. The van der Waals surface area contributed by atoms with Gasteiger partial charge >= 0.3 is 0 Å². The maximum Gasteiger partial charge on any atom is 0.233 e. The standard InChI is InChI=1S/C9H16BrNO/c1-2-3-6-11(8-4-5-8)9(12)7-10/h8H,2-7H2,1H3. The van der Waals surface area contributed by atoms with Gasteiger partial charge in [0.25, 0.3) is 0 Å². The number of hydrogen-bond acceptors (Lipinski definition) is 1. The van der Waals surface area contributed by atoms with Crippen molar-refractivity contribution >= 4 is 21.8 Å². The van der Waals surface area contributed by atoms with Crippen molar-refractivity contribution in [1.29, 1.82) is 0 Å². The van der Waals surface area contributed by atoms with Crippen molar-refractivity contribution in [3.63, 3.8) is 0 Å². The van der Waals surface area contributed by atoms with Gasteiger partial charge in [-0.25, -0.2) is 0 Å². The minimum atomic E-state index is 0.256. The van der Waals surface area contributed by atoms with E-state index in [1.165, 1.54) is 19.3 Å². The van der Waals surface area contributed by atoms with Gasteiger partial charge in [0, 0.05) is 12.6 Å². The van der Waals surface area contributed by atoms with E-state index in [1.807, 2.05) is 4.90 Å². The average Bonchev–Trinajstić information content (AvgIpc) is 2.88. The number of rotatable bonds is 5. The molecule has 0 saturated heterocycles. The van der Waals surface area contributed by atoms with E-state index in [2.05, 4.69) is 22.9 Å². The molecule has 3 heteroatoms. The molecule has 1 rings (SSSR count). The number of nitrogens with zero attached hydrogens (tertiary/aromatic N) is 1. The van der Waals surface area contributed by atoms with Crippen LogP contribution in [0.25, 0.3) is 0 Å². The van der Waals surface area contributed by atoms with Crippen molar-refractivity contribution in [2.45, 2.75) is 38.6 Å². The van der Waals surface area contributed by atoms with Crippen LogP contribution in [0.2, 0.25) is 0 Å². The molecule has 1 amide bonds. The SMILES string of the molecule is CCCCN(C(=O)CBr)C1CC1. The van der Waals surface area contributed by atoms with E-state index in [9.17, 15) is 4.79 Å². The molecule has 0 N–H and O–H groups in total. The summed E-state index contributed by atoms with van der Waals surface area (Å²) < 4.78 is 0. The van der Waals surface area contributed by atoms with Crippen LogP contribution in [0.1, 0.15) is 32.6 Å². The molecule has 1 aliphatic rings. The fraction of sp³-hybridized carbons (Fsp3) is 0.889. The van der Waals surface area contributed by atoms with Crippen molar-refractivity contribution in [2.24, 2.45) is 0 Å². The maximum absolute atomic E-state index is 11.4. The second kappa shape index (κ2) is 4.85. The molecule has 0 bridgehead atoms. The normalized spacial score (nSPS) is 16.2. The molecule has 1 saturated carbocycles. The summed E-state index contributed by atoms with van der Waals surface area (Å²) in [5.41, 5.74) is 0. The summed E-state index contributed by atoms with van der Waals surface area (Å²) in [5, 5.41) is 0.479. The zero-order valence-corrected chi connectivity index (χ0v) is 9.14. The summed E-state index contributed by atoms with van der Waals surface area (Å²) in [7, 11) is 0. The lowest BCUT2D eigenvalue weighted by Gasteiger charge is -2.20. The Kier molecular flexibility index (Phi) is 4.06. The topological polar surface area (TPSA) is 20.3 Å². The van der Waals surface area contributed by atoms with Crippen LogP contribution in [0.5, 0.6) is 0 Å². The zero-order chi connectivity index (χ0) is 8.97. The highest BCUT2D eigenvalue weighted by atomic mass is 79.9. The van der Waals surface area contributed by atoms with Crippen molar-refractivity contribution in [3.05, 3.63) is 0 Å². The molecule has 12 heavy (non-hydrogen) atoms. The van der Waals surface area contributed by atoms with Crippen LogP contribution in [0.15, 0.2) is 0 Å². The third-order valence-electron chi connectivity index (χ3n) is 2.17. The molecule has 0 aromatic heterocycles. The third-order valence-corrected chi connectivity index (χ3v) is 2.65. The van der Waals surface area contributed by atoms with Gasteiger partial charge in [-0.2, -0.15) is 0 Å². The first-order valence-electron chi connectivity index (χ1n) is 4.65. The molecule has 0 radical (unpaired) electrons. The van der Waals surface area contributed by atoms with Gasteiger partial charge in [-0.15, -0.1) is 0 Å². The van der Waals surface area contributed by atoms with Crippen LogP contribution in [0.3, 0.4) is 0 Å². The highest BCUT2D eigenvalue weighted by Gasteiger charge is 2.31. The first kappa shape index (κ1) is 10.0. The van der Waals surface area contributed by atoms with Gasteiger partial charge in [-0.05, 0) is 19.3 Å². The first-order valence-corrected chi connectivity index (χ1v) is 5.77. The van der Waals surface area contributed by atoms with Gasteiger partial charge < -0.3 is 4.90 Å². The zero-order valence-electron chi connectivity index (χ0n) is 7.55. The van der Waals surface area contributed by atoms with Gasteiger partial charge in [-0.3, -0.25) is 4.79 Å². The Hall–Kier alpha value is -0.0500. The third kappa shape index (κ3) is 2.77. The summed E-state index contributed by atoms with van der Waals surface area (Å²) in [6, 6.07) is 0.571. The number of carbonyl (C=O) groups is 1. The van der Waals surface area contributed by atoms with Crippen LogP contribution >= 0.6 is 15.9 Å². The fourth-order valence-corrected chi connectivity index (χ4v) is 1.62. The predicted octanol–water partition coefficient (Wildman–Crippen LogP) is 2.17. The van der Waals surface area contributed by atoms with Crippen molar-refractivity contribution in [2.75, 3.05) is 11.9 Å². The molecular weight excluding hydrogens is 218 g/mol. The second-order valence-corrected chi connectivity index (χ2v) is 3.87.